The van der Waals surface area contributed by atoms with Crippen LogP contribution in [0.15, 0.2) is 36.4 Å². The van der Waals surface area contributed by atoms with Crippen molar-refractivity contribution in [1.82, 2.24) is 0 Å². The second kappa shape index (κ2) is 5.71. The molecule has 20 heavy (non-hydrogen) atoms. The Balaban J connectivity index is 1.76. The highest BCUT2D eigenvalue weighted by Gasteiger charge is 2.23. The molecule has 0 heterocycles. The summed E-state index contributed by atoms with van der Waals surface area (Å²) in [4.78, 5) is 0. The molecule has 1 N–H and O–H groups in total. The van der Waals surface area contributed by atoms with Gasteiger partial charge in [-0.3, -0.25) is 0 Å². The Labute approximate surface area is 119 Å². The number of hydrogen-bond donors (Lipinski definition) is 1. The molecule has 0 radical (unpaired) electrons. The molecule has 0 saturated heterocycles. The van der Waals surface area contributed by atoms with Crippen LogP contribution in [0.4, 0.5) is 0 Å². The lowest BCUT2D eigenvalue weighted by Gasteiger charge is -2.28. The maximum Gasteiger partial charge on any atom is 0.120 e. The molecule has 3 rings (SSSR count). The Morgan fingerprint density at radius 2 is 1.80 bits per heavy atom. The lowest BCUT2D eigenvalue weighted by atomic mass is 9.95. The summed E-state index contributed by atoms with van der Waals surface area (Å²) in [5.74, 6) is 1.15. The second-order valence-corrected chi connectivity index (χ2v) is 5.46. The molecule has 0 amide bonds. The molecule has 0 aliphatic heterocycles. The fourth-order valence-electron chi connectivity index (χ4n) is 2.90. The summed E-state index contributed by atoms with van der Waals surface area (Å²) >= 11 is 0. The monoisotopic (exact) mass is 272 g/mol. The largest absolute Gasteiger partial charge is 0.508 e. The van der Waals surface area contributed by atoms with E-state index in [4.69, 9.17) is 9.47 Å². The molecule has 3 heteroatoms. The summed E-state index contributed by atoms with van der Waals surface area (Å²) < 4.78 is 11.5. The third-order valence-corrected chi connectivity index (χ3v) is 4.01. The average molecular weight is 272 g/mol. The topological polar surface area (TPSA) is 38.7 Å². The van der Waals surface area contributed by atoms with Gasteiger partial charge in [0.25, 0.3) is 0 Å². The van der Waals surface area contributed by atoms with E-state index in [0.717, 1.165) is 42.2 Å². The lowest BCUT2D eigenvalue weighted by Crippen LogP contribution is -2.29. The van der Waals surface area contributed by atoms with E-state index in [1.165, 1.54) is 0 Å². The van der Waals surface area contributed by atoms with Crippen LogP contribution < -0.4 is 4.74 Å². The van der Waals surface area contributed by atoms with Crippen molar-refractivity contribution in [3.05, 3.63) is 36.4 Å². The van der Waals surface area contributed by atoms with Gasteiger partial charge in [-0.1, -0.05) is 12.1 Å². The minimum absolute atomic E-state index is 0.225. The zero-order chi connectivity index (χ0) is 13.9. The van der Waals surface area contributed by atoms with E-state index in [2.05, 4.69) is 0 Å². The maximum atomic E-state index is 9.55. The Kier molecular flexibility index (Phi) is 3.79. The highest BCUT2D eigenvalue weighted by Crippen LogP contribution is 2.28. The Morgan fingerprint density at radius 1 is 1.00 bits per heavy atom. The van der Waals surface area contributed by atoms with Crippen molar-refractivity contribution in [3.63, 3.8) is 0 Å². The summed E-state index contributed by atoms with van der Waals surface area (Å²) in [6, 6.07) is 11.4. The van der Waals surface area contributed by atoms with Gasteiger partial charge >= 0.3 is 0 Å². The Bertz CT molecular complexity index is 594. The molecule has 0 bridgehead atoms. The van der Waals surface area contributed by atoms with Crippen LogP contribution >= 0.6 is 0 Å². The van der Waals surface area contributed by atoms with Crippen molar-refractivity contribution >= 4 is 10.8 Å². The summed E-state index contributed by atoms with van der Waals surface area (Å²) in [6.07, 6.45) is 4.85. The van der Waals surface area contributed by atoms with E-state index in [-0.39, 0.29) is 11.9 Å². The second-order valence-electron chi connectivity index (χ2n) is 5.46. The average Bonchev–Trinajstić information content (AvgIpc) is 2.47. The number of fused-ring (bicyclic) bond motifs is 1. The molecule has 0 spiro atoms. The number of benzene rings is 2. The SMILES string of the molecule is COC1CCCC(Oc2ccc3ccc(O)cc3c2)C1. The molecule has 2 atom stereocenters. The van der Waals surface area contributed by atoms with E-state index in [9.17, 15) is 5.11 Å². The summed E-state index contributed by atoms with van der Waals surface area (Å²) in [6.45, 7) is 0. The van der Waals surface area contributed by atoms with E-state index in [0.29, 0.717) is 6.10 Å². The van der Waals surface area contributed by atoms with Crippen LogP contribution in [-0.2, 0) is 4.74 Å². The number of rotatable bonds is 3. The molecule has 0 aromatic heterocycles. The van der Waals surface area contributed by atoms with Crippen LogP contribution in [0.5, 0.6) is 11.5 Å². The standard InChI is InChI=1S/C17H20O3/c1-19-15-3-2-4-16(11-15)20-17-8-6-12-5-7-14(18)9-13(12)10-17/h5-10,15-16,18H,2-4,11H2,1H3. The first kappa shape index (κ1) is 13.3. The molecule has 1 aliphatic carbocycles. The van der Waals surface area contributed by atoms with Gasteiger partial charge in [0.1, 0.15) is 17.6 Å². The molecular formula is C17H20O3. The number of phenols is 1. The molecular weight excluding hydrogens is 252 g/mol. The Hall–Kier alpha value is -1.74. The van der Waals surface area contributed by atoms with Gasteiger partial charge in [0.05, 0.1) is 6.10 Å². The Morgan fingerprint density at radius 3 is 2.65 bits per heavy atom. The fourth-order valence-corrected chi connectivity index (χ4v) is 2.90. The van der Waals surface area contributed by atoms with Crippen molar-refractivity contribution in [1.29, 1.82) is 0 Å². The molecule has 2 aromatic carbocycles. The number of aromatic hydroxyl groups is 1. The minimum Gasteiger partial charge on any atom is -0.508 e. The van der Waals surface area contributed by atoms with Crippen LogP contribution in [0.1, 0.15) is 25.7 Å². The van der Waals surface area contributed by atoms with Gasteiger partial charge in [-0.25, -0.2) is 0 Å². The van der Waals surface area contributed by atoms with Gasteiger partial charge in [-0.05, 0) is 54.3 Å². The normalized spacial score (nSPS) is 22.9. The first-order chi connectivity index (χ1) is 9.74. The van der Waals surface area contributed by atoms with Crippen molar-refractivity contribution in [3.8, 4) is 11.5 Å². The molecule has 1 fully saturated rings. The van der Waals surface area contributed by atoms with E-state index < -0.39 is 0 Å². The third-order valence-electron chi connectivity index (χ3n) is 4.01. The van der Waals surface area contributed by atoms with Crippen molar-refractivity contribution in [2.45, 2.75) is 37.9 Å². The minimum atomic E-state index is 0.225. The zero-order valence-electron chi connectivity index (χ0n) is 11.7. The molecule has 1 aliphatic rings. The van der Waals surface area contributed by atoms with Gasteiger partial charge in [0.15, 0.2) is 0 Å². The van der Waals surface area contributed by atoms with Crippen LogP contribution in [0, 0.1) is 0 Å². The number of hydrogen-bond acceptors (Lipinski definition) is 3. The van der Waals surface area contributed by atoms with Crippen molar-refractivity contribution in [2.75, 3.05) is 7.11 Å². The van der Waals surface area contributed by atoms with Crippen LogP contribution in [0.2, 0.25) is 0 Å². The predicted octanol–water partition coefficient (Wildman–Crippen LogP) is 3.88. The van der Waals surface area contributed by atoms with E-state index in [1.807, 2.05) is 24.3 Å². The van der Waals surface area contributed by atoms with Crippen LogP contribution in [0.3, 0.4) is 0 Å². The van der Waals surface area contributed by atoms with Crippen LogP contribution in [-0.4, -0.2) is 24.4 Å². The highest BCUT2D eigenvalue weighted by atomic mass is 16.5. The van der Waals surface area contributed by atoms with E-state index in [1.54, 1.807) is 19.2 Å². The molecule has 2 unspecified atom stereocenters. The molecule has 3 nitrogen and oxygen atoms in total. The number of phenolic OH excluding ortho intramolecular Hbond substituents is 1. The lowest BCUT2D eigenvalue weighted by molar-refractivity contribution is 0.0210. The highest BCUT2D eigenvalue weighted by molar-refractivity contribution is 5.85. The van der Waals surface area contributed by atoms with E-state index >= 15 is 0 Å². The molecule has 106 valence electrons. The molecule has 1 saturated carbocycles. The number of methoxy groups -OCH3 is 1. The number of ether oxygens (including phenoxy) is 2. The zero-order valence-corrected chi connectivity index (χ0v) is 11.7. The van der Waals surface area contributed by atoms with Gasteiger partial charge in [0.2, 0.25) is 0 Å². The molecule has 2 aromatic rings. The van der Waals surface area contributed by atoms with Gasteiger partial charge in [0, 0.05) is 13.5 Å². The van der Waals surface area contributed by atoms with Gasteiger partial charge in [-0.2, -0.15) is 0 Å². The predicted molar refractivity (Wildman–Crippen MR) is 79.3 cm³/mol. The smallest absolute Gasteiger partial charge is 0.120 e. The van der Waals surface area contributed by atoms with Gasteiger partial charge in [-0.15, -0.1) is 0 Å². The van der Waals surface area contributed by atoms with Crippen LogP contribution in [0.25, 0.3) is 10.8 Å². The third kappa shape index (κ3) is 2.88. The first-order valence-corrected chi connectivity index (χ1v) is 7.17. The first-order valence-electron chi connectivity index (χ1n) is 7.17. The quantitative estimate of drug-likeness (QED) is 0.921. The van der Waals surface area contributed by atoms with Crippen molar-refractivity contribution < 1.29 is 14.6 Å². The summed E-state index contributed by atoms with van der Waals surface area (Å²) in [5.41, 5.74) is 0. The van der Waals surface area contributed by atoms with Gasteiger partial charge < -0.3 is 14.6 Å². The maximum absolute atomic E-state index is 9.55. The fraction of sp³-hybridized carbons (Fsp3) is 0.412. The van der Waals surface area contributed by atoms with Crippen molar-refractivity contribution in [2.24, 2.45) is 0 Å². The summed E-state index contributed by atoms with van der Waals surface area (Å²) in [5, 5.41) is 11.7. The summed E-state index contributed by atoms with van der Waals surface area (Å²) in [7, 11) is 1.77.